The monoisotopic (exact) mass is 232 g/mol. The molecule has 0 atom stereocenters. The van der Waals surface area contributed by atoms with Gasteiger partial charge in [0.05, 0.1) is 18.2 Å². The van der Waals surface area contributed by atoms with E-state index in [1.54, 1.807) is 45.0 Å². The molecule has 0 aliphatic carbocycles. The first-order valence-corrected chi connectivity index (χ1v) is 5.45. The number of rotatable bonds is 4. The Kier molecular flexibility index (Phi) is 4.11. The Bertz CT molecular complexity index is 430. The van der Waals surface area contributed by atoms with Crippen molar-refractivity contribution in [2.75, 3.05) is 11.9 Å². The Morgan fingerprint density at radius 1 is 1.41 bits per heavy atom. The second kappa shape index (κ2) is 5.35. The van der Waals surface area contributed by atoms with E-state index in [2.05, 4.69) is 11.4 Å². The first-order valence-electron chi connectivity index (χ1n) is 5.45. The number of esters is 1. The number of hydrogen-bond donors (Lipinski definition) is 1. The maximum Gasteiger partial charge on any atom is 0.338 e. The number of carbonyl (C=O) groups is 1. The van der Waals surface area contributed by atoms with Gasteiger partial charge in [0, 0.05) is 5.69 Å². The summed E-state index contributed by atoms with van der Waals surface area (Å²) in [6, 6.07) is 9.00. The van der Waals surface area contributed by atoms with Crippen molar-refractivity contribution in [1.29, 1.82) is 5.26 Å². The molecular formula is C13H16N2O2. The highest BCUT2D eigenvalue weighted by Crippen LogP contribution is 2.15. The van der Waals surface area contributed by atoms with E-state index >= 15 is 0 Å². The van der Waals surface area contributed by atoms with Gasteiger partial charge in [0.15, 0.2) is 0 Å². The number of carbonyl (C=O) groups excluding carboxylic acids is 1. The Morgan fingerprint density at radius 2 is 2.00 bits per heavy atom. The Hall–Kier alpha value is -2.02. The lowest BCUT2D eigenvalue weighted by atomic mass is 10.1. The predicted octanol–water partition coefficient (Wildman–Crippen LogP) is 2.58. The van der Waals surface area contributed by atoms with Crippen LogP contribution in [0.3, 0.4) is 0 Å². The smallest absolute Gasteiger partial charge is 0.338 e. The van der Waals surface area contributed by atoms with Crippen molar-refractivity contribution in [2.24, 2.45) is 0 Å². The van der Waals surface area contributed by atoms with E-state index in [0.717, 1.165) is 5.69 Å². The molecule has 0 saturated heterocycles. The molecule has 1 aromatic carbocycles. The number of benzene rings is 1. The SMILES string of the molecule is CCOC(=O)c1ccc(NC(C)(C)C#N)cc1. The number of nitriles is 1. The third kappa shape index (κ3) is 3.80. The fraction of sp³-hybridized carbons (Fsp3) is 0.385. The number of hydrogen-bond acceptors (Lipinski definition) is 4. The molecule has 17 heavy (non-hydrogen) atoms. The van der Waals surface area contributed by atoms with E-state index in [9.17, 15) is 4.79 Å². The van der Waals surface area contributed by atoms with Crippen LogP contribution >= 0.6 is 0 Å². The van der Waals surface area contributed by atoms with Crippen molar-refractivity contribution in [3.05, 3.63) is 29.8 Å². The van der Waals surface area contributed by atoms with Gasteiger partial charge in [-0.2, -0.15) is 5.26 Å². The van der Waals surface area contributed by atoms with Crippen LogP contribution in [0.2, 0.25) is 0 Å². The molecule has 0 radical (unpaired) electrons. The van der Waals surface area contributed by atoms with Crippen molar-refractivity contribution in [1.82, 2.24) is 0 Å². The van der Waals surface area contributed by atoms with Crippen molar-refractivity contribution < 1.29 is 9.53 Å². The lowest BCUT2D eigenvalue weighted by molar-refractivity contribution is 0.0526. The van der Waals surface area contributed by atoms with Gasteiger partial charge < -0.3 is 10.1 Å². The van der Waals surface area contributed by atoms with Crippen LogP contribution in [-0.2, 0) is 4.74 Å². The molecule has 1 rings (SSSR count). The highest BCUT2D eigenvalue weighted by atomic mass is 16.5. The first kappa shape index (κ1) is 13.0. The number of nitrogens with zero attached hydrogens (tertiary/aromatic N) is 1. The predicted molar refractivity (Wildman–Crippen MR) is 65.7 cm³/mol. The molecule has 90 valence electrons. The summed E-state index contributed by atoms with van der Waals surface area (Å²) in [4.78, 5) is 11.4. The Balaban J connectivity index is 2.76. The maximum atomic E-state index is 11.4. The van der Waals surface area contributed by atoms with E-state index in [4.69, 9.17) is 10.00 Å². The van der Waals surface area contributed by atoms with E-state index in [1.165, 1.54) is 0 Å². The minimum absolute atomic E-state index is 0.335. The lowest BCUT2D eigenvalue weighted by Crippen LogP contribution is -2.28. The molecule has 0 amide bonds. The minimum atomic E-state index is -0.633. The van der Waals surface area contributed by atoms with Gasteiger partial charge in [-0.05, 0) is 45.0 Å². The Labute approximate surface area is 101 Å². The van der Waals surface area contributed by atoms with Gasteiger partial charge in [-0.3, -0.25) is 0 Å². The van der Waals surface area contributed by atoms with Gasteiger partial charge in [-0.1, -0.05) is 0 Å². The molecule has 0 bridgehead atoms. The van der Waals surface area contributed by atoms with Crippen LogP contribution in [0, 0.1) is 11.3 Å². The van der Waals surface area contributed by atoms with E-state index in [-0.39, 0.29) is 5.97 Å². The van der Waals surface area contributed by atoms with Crippen molar-refractivity contribution in [3.8, 4) is 6.07 Å². The molecule has 0 saturated carbocycles. The van der Waals surface area contributed by atoms with Crippen LogP contribution in [0.15, 0.2) is 24.3 Å². The van der Waals surface area contributed by atoms with E-state index in [1.807, 2.05) is 0 Å². The lowest BCUT2D eigenvalue weighted by Gasteiger charge is -2.19. The Morgan fingerprint density at radius 3 is 2.47 bits per heavy atom. The second-order valence-corrected chi connectivity index (χ2v) is 4.16. The van der Waals surface area contributed by atoms with Gasteiger partial charge in [-0.25, -0.2) is 4.79 Å². The molecule has 0 spiro atoms. The molecular weight excluding hydrogens is 216 g/mol. The van der Waals surface area contributed by atoms with Gasteiger partial charge in [0.2, 0.25) is 0 Å². The second-order valence-electron chi connectivity index (χ2n) is 4.16. The summed E-state index contributed by atoms with van der Waals surface area (Å²) in [7, 11) is 0. The number of anilines is 1. The summed E-state index contributed by atoms with van der Waals surface area (Å²) < 4.78 is 4.88. The molecule has 0 fully saturated rings. The fourth-order valence-corrected chi connectivity index (χ4v) is 1.29. The summed E-state index contributed by atoms with van der Waals surface area (Å²) in [5, 5.41) is 11.9. The van der Waals surface area contributed by atoms with Crippen molar-refractivity contribution >= 4 is 11.7 Å². The maximum absolute atomic E-state index is 11.4. The van der Waals surface area contributed by atoms with Gasteiger partial charge >= 0.3 is 5.97 Å². The molecule has 1 aromatic rings. The molecule has 0 heterocycles. The van der Waals surface area contributed by atoms with Gasteiger partial charge in [0.25, 0.3) is 0 Å². The third-order valence-electron chi connectivity index (χ3n) is 2.13. The molecule has 4 heteroatoms. The first-order chi connectivity index (χ1) is 7.98. The highest BCUT2D eigenvalue weighted by Gasteiger charge is 2.15. The zero-order chi connectivity index (χ0) is 12.9. The fourth-order valence-electron chi connectivity index (χ4n) is 1.29. The quantitative estimate of drug-likeness (QED) is 0.810. The van der Waals surface area contributed by atoms with Crippen molar-refractivity contribution in [2.45, 2.75) is 26.3 Å². The van der Waals surface area contributed by atoms with Crippen LogP contribution in [-0.4, -0.2) is 18.1 Å². The van der Waals surface area contributed by atoms with Gasteiger partial charge in [0.1, 0.15) is 5.54 Å². The number of nitrogens with one attached hydrogen (secondary N) is 1. The largest absolute Gasteiger partial charge is 0.462 e. The molecule has 0 aromatic heterocycles. The van der Waals surface area contributed by atoms with Crippen LogP contribution in [0.1, 0.15) is 31.1 Å². The zero-order valence-electron chi connectivity index (χ0n) is 10.3. The summed E-state index contributed by atoms with van der Waals surface area (Å²) >= 11 is 0. The van der Waals surface area contributed by atoms with E-state index in [0.29, 0.717) is 12.2 Å². The molecule has 0 aliphatic heterocycles. The summed E-state index contributed by atoms with van der Waals surface area (Å²) in [6.07, 6.45) is 0. The average Bonchev–Trinajstić information content (AvgIpc) is 2.30. The van der Waals surface area contributed by atoms with Crippen LogP contribution in [0.4, 0.5) is 5.69 Å². The van der Waals surface area contributed by atoms with Crippen LogP contribution in [0.25, 0.3) is 0 Å². The summed E-state index contributed by atoms with van der Waals surface area (Å²) in [5.41, 5.74) is 0.669. The topological polar surface area (TPSA) is 62.1 Å². The minimum Gasteiger partial charge on any atom is -0.462 e. The normalized spacial score (nSPS) is 10.5. The van der Waals surface area contributed by atoms with Crippen LogP contribution < -0.4 is 5.32 Å². The molecule has 0 unspecified atom stereocenters. The standard InChI is InChI=1S/C13H16N2O2/c1-4-17-12(16)10-5-7-11(8-6-10)15-13(2,3)9-14/h5-8,15H,4H2,1-3H3. The summed E-state index contributed by atoms with van der Waals surface area (Å²) in [5.74, 6) is -0.335. The highest BCUT2D eigenvalue weighted by molar-refractivity contribution is 5.89. The van der Waals surface area contributed by atoms with E-state index < -0.39 is 5.54 Å². The van der Waals surface area contributed by atoms with Crippen molar-refractivity contribution in [3.63, 3.8) is 0 Å². The average molecular weight is 232 g/mol. The van der Waals surface area contributed by atoms with Crippen LogP contribution in [0.5, 0.6) is 0 Å². The summed E-state index contributed by atoms with van der Waals surface area (Å²) in [6.45, 7) is 5.70. The molecule has 4 nitrogen and oxygen atoms in total. The zero-order valence-corrected chi connectivity index (χ0v) is 10.3. The van der Waals surface area contributed by atoms with Gasteiger partial charge in [-0.15, -0.1) is 0 Å². The molecule has 0 aliphatic rings. The molecule has 1 N–H and O–H groups in total. The third-order valence-corrected chi connectivity index (χ3v) is 2.13. The number of ether oxygens (including phenoxy) is 1.